The van der Waals surface area contributed by atoms with Crippen molar-refractivity contribution in [2.24, 2.45) is 11.5 Å². The SMILES string of the molecule is C.COc1ccc(CN(C(=O)[C@H](Cc2c(C)cc(C(N)=O)cc2C)NC(=O)OC(C)C)[C@@H](C)CN/C=C(\N)c2ccccc2C#N)cc1OC. The molecule has 12 heteroatoms. The number of nitrogens with zero attached hydrogens (tertiary/aromatic N) is 2. The summed E-state index contributed by atoms with van der Waals surface area (Å²) in [5.41, 5.74) is 16.7. The maximum absolute atomic E-state index is 14.6. The number of alkyl carbamates (subject to hydrolysis) is 1. The smallest absolute Gasteiger partial charge is 0.408 e. The summed E-state index contributed by atoms with van der Waals surface area (Å²) in [5, 5.41) is 15.5. The van der Waals surface area contributed by atoms with Crippen LogP contribution in [0.3, 0.4) is 0 Å². The number of benzene rings is 3. The van der Waals surface area contributed by atoms with E-state index < -0.39 is 30.2 Å². The molecule has 0 heterocycles. The Hall–Kier alpha value is -5.70. The van der Waals surface area contributed by atoms with Crippen molar-refractivity contribution in [3.05, 3.63) is 99.7 Å². The van der Waals surface area contributed by atoms with Crippen LogP contribution in [-0.2, 0) is 22.5 Å². The van der Waals surface area contributed by atoms with Gasteiger partial charge in [-0.2, -0.15) is 5.26 Å². The van der Waals surface area contributed by atoms with Gasteiger partial charge in [0.05, 0.1) is 37.7 Å². The topological polar surface area (TPSA) is 182 Å². The molecule has 0 radical (unpaired) electrons. The van der Waals surface area contributed by atoms with Crippen LogP contribution in [0.4, 0.5) is 4.79 Å². The molecule has 50 heavy (non-hydrogen) atoms. The molecular weight excluding hydrogens is 636 g/mol. The molecule has 0 aliphatic rings. The highest BCUT2D eigenvalue weighted by Gasteiger charge is 2.31. The molecule has 0 aromatic heterocycles. The number of ether oxygens (including phenoxy) is 3. The van der Waals surface area contributed by atoms with Crippen LogP contribution in [0.1, 0.15) is 71.9 Å². The van der Waals surface area contributed by atoms with Crippen molar-refractivity contribution in [1.82, 2.24) is 15.5 Å². The average molecular weight is 687 g/mol. The van der Waals surface area contributed by atoms with E-state index in [1.807, 2.05) is 26.8 Å². The van der Waals surface area contributed by atoms with E-state index in [1.54, 1.807) is 80.6 Å². The van der Waals surface area contributed by atoms with Gasteiger partial charge in [0.2, 0.25) is 11.8 Å². The summed E-state index contributed by atoms with van der Waals surface area (Å²) in [7, 11) is 3.08. The van der Waals surface area contributed by atoms with Gasteiger partial charge < -0.3 is 41.2 Å². The zero-order valence-electron chi connectivity index (χ0n) is 29.1. The molecule has 0 unspecified atom stereocenters. The monoisotopic (exact) mass is 686 g/mol. The molecule has 0 aliphatic heterocycles. The van der Waals surface area contributed by atoms with Crippen molar-refractivity contribution in [1.29, 1.82) is 5.26 Å². The van der Waals surface area contributed by atoms with E-state index in [0.717, 1.165) is 22.3 Å². The van der Waals surface area contributed by atoms with Crippen LogP contribution in [0.15, 0.2) is 60.8 Å². The fraction of sp³-hybridized carbons (Fsp3) is 0.368. The van der Waals surface area contributed by atoms with Gasteiger partial charge in [0, 0.05) is 42.9 Å². The number of carbonyl (C=O) groups is 3. The van der Waals surface area contributed by atoms with Crippen LogP contribution in [0, 0.1) is 25.2 Å². The van der Waals surface area contributed by atoms with E-state index in [2.05, 4.69) is 16.7 Å². The number of amides is 3. The second kappa shape index (κ2) is 18.7. The summed E-state index contributed by atoms with van der Waals surface area (Å²) in [4.78, 5) is 41.1. The van der Waals surface area contributed by atoms with Gasteiger partial charge >= 0.3 is 6.09 Å². The lowest BCUT2D eigenvalue weighted by Crippen LogP contribution is -2.53. The number of aryl methyl sites for hydroxylation is 2. The fourth-order valence-electron chi connectivity index (χ4n) is 5.44. The summed E-state index contributed by atoms with van der Waals surface area (Å²) in [6.45, 7) is 9.42. The number of nitriles is 1. The maximum Gasteiger partial charge on any atom is 0.408 e. The Kier molecular flexibility index (Phi) is 15.2. The Bertz CT molecular complexity index is 1710. The van der Waals surface area contributed by atoms with Crippen molar-refractivity contribution in [3.63, 3.8) is 0 Å². The molecule has 12 nitrogen and oxygen atoms in total. The van der Waals surface area contributed by atoms with Gasteiger partial charge in [-0.15, -0.1) is 0 Å². The van der Waals surface area contributed by atoms with Crippen molar-refractivity contribution in [2.75, 3.05) is 20.8 Å². The lowest BCUT2D eigenvalue weighted by atomic mass is 9.93. The lowest BCUT2D eigenvalue weighted by molar-refractivity contribution is -0.136. The molecule has 3 rings (SSSR count). The van der Waals surface area contributed by atoms with Crippen molar-refractivity contribution >= 4 is 23.6 Å². The molecule has 0 saturated heterocycles. The van der Waals surface area contributed by atoms with Gasteiger partial charge in [-0.05, 0) is 87.2 Å². The molecule has 0 bridgehead atoms. The van der Waals surface area contributed by atoms with E-state index in [4.69, 9.17) is 25.7 Å². The van der Waals surface area contributed by atoms with Crippen LogP contribution in [0.5, 0.6) is 11.5 Å². The zero-order valence-corrected chi connectivity index (χ0v) is 29.1. The molecule has 6 N–H and O–H groups in total. The quantitative estimate of drug-likeness (QED) is 0.172. The van der Waals surface area contributed by atoms with Gasteiger partial charge in [0.15, 0.2) is 11.5 Å². The second-order valence-corrected chi connectivity index (χ2v) is 12.0. The fourth-order valence-corrected chi connectivity index (χ4v) is 5.44. The van der Waals surface area contributed by atoms with Crippen LogP contribution in [0.2, 0.25) is 0 Å². The summed E-state index contributed by atoms with van der Waals surface area (Å²) < 4.78 is 16.3. The number of carbonyl (C=O) groups excluding carboxylic acids is 3. The first-order valence-electron chi connectivity index (χ1n) is 15.9. The number of hydrogen-bond donors (Lipinski definition) is 4. The van der Waals surface area contributed by atoms with E-state index in [-0.39, 0.29) is 32.8 Å². The van der Waals surface area contributed by atoms with Gasteiger partial charge in [0.1, 0.15) is 6.04 Å². The number of hydrogen-bond acceptors (Lipinski definition) is 9. The summed E-state index contributed by atoms with van der Waals surface area (Å²) in [5.74, 6) is 0.117. The van der Waals surface area contributed by atoms with Crippen LogP contribution < -0.4 is 31.6 Å². The molecular formula is C38H50N6O6. The maximum atomic E-state index is 14.6. The first-order valence-corrected chi connectivity index (χ1v) is 15.9. The normalized spacial score (nSPS) is 12.1. The largest absolute Gasteiger partial charge is 0.493 e. The van der Waals surface area contributed by atoms with Gasteiger partial charge in [0.25, 0.3) is 0 Å². The number of nitrogens with one attached hydrogen (secondary N) is 2. The predicted molar refractivity (Wildman–Crippen MR) is 194 cm³/mol. The standard InChI is InChI=1S/C37H46N6O6.CH4/c1-22(2)49-37(46)42-32(17-30-23(3)14-28(35(40)44)15-24(30)4)36(45)43(21-26-12-13-33(47-6)34(16-26)48-7)25(5)19-41-20-31(39)29-11-9-8-10-27(29)18-38;/h8-16,20,22,25,32,41H,17,19,21,39H2,1-7H3,(H2,40,44)(H,42,46);1H4/b31-20-;/t25-,32-;/m0./s1. The predicted octanol–water partition coefficient (Wildman–Crippen LogP) is 4.94. The summed E-state index contributed by atoms with van der Waals surface area (Å²) >= 11 is 0. The molecule has 2 atom stereocenters. The minimum Gasteiger partial charge on any atom is -0.493 e. The molecule has 3 aromatic carbocycles. The highest BCUT2D eigenvalue weighted by Crippen LogP contribution is 2.29. The first kappa shape index (κ1) is 40.5. The minimum atomic E-state index is -1.03. The molecule has 0 spiro atoms. The molecule has 3 aromatic rings. The molecule has 268 valence electrons. The lowest BCUT2D eigenvalue weighted by Gasteiger charge is -2.33. The Morgan fingerprint density at radius 2 is 1.60 bits per heavy atom. The van der Waals surface area contributed by atoms with Crippen LogP contribution in [0.25, 0.3) is 5.70 Å². The minimum absolute atomic E-state index is 0. The third-order valence-electron chi connectivity index (χ3n) is 7.97. The van der Waals surface area contributed by atoms with Crippen molar-refractivity contribution in [3.8, 4) is 17.6 Å². The Labute approximate surface area is 295 Å². The van der Waals surface area contributed by atoms with E-state index in [9.17, 15) is 19.6 Å². The average Bonchev–Trinajstić information content (AvgIpc) is 3.06. The Morgan fingerprint density at radius 3 is 2.18 bits per heavy atom. The molecule has 0 fully saturated rings. The number of nitrogens with two attached hydrogens (primary N) is 2. The third-order valence-corrected chi connectivity index (χ3v) is 7.97. The van der Waals surface area contributed by atoms with E-state index in [1.165, 1.54) is 7.11 Å². The molecule has 0 saturated carbocycles. The number of rotatable bonds is 15. The highest BCUT2D eigenvalue weighted by molar-refractivity contribution is 5.93. The summed E-state index contributed by atoms with van der Waals surface area (Å²) in [6, 6.07) is 16.4. The van der Waals surface area contributed by atoms with E-state index in [0.29, 0.717) is 33.9 Å². The molecule has 3 amide bonds. The van der Waals surface area contributed by atoms with Crippen molar-refractivity contribution < 1.29 is 28.6 Å². The Morgan fingerprint density at radius 1 is 0.960 bits per heavy atom. The van der Waals surface area contributed by atoms with Gasteiger partial charge in [-0.25, -0.2) is 4.79 Å². The number of primary amides is 1. The zero-order chi connectivity index (χ0) is 36.2. The van der Waals surface area contributed by atoms with Gasteiger partial charge in [-0.3, -0.25) is 9.59 Å². The van der Waals surface area contributed by atoms with E-state index >= 15 is 0 Å². The Balaban J connectivity index is 0.00000867. The van der Waals surface area contributed by atoms with Crippen molar-refractivity contribution in [2.45, 2.75) is 73.2 Å². The molecule has 0 aliphatic carbocycles. The number of methoxy groups -OCH3 is 2. The highest BCUT2D eigenvalue weighted by atomic mass is 16.6. The summed E-state index contributed by atoms with van der Waals surface area (Å²) in [6.07, 6.45) is 0.585. The van der Waals surface area contributed by atoms with Gasteiger partial charge in [-0.1, -0.05) is 31.7 Å². The first-order chi connectivity index (χ1) is 23.3. The van der Waals surface area contributed by atoms with Crippen LogP contribution in [-0.4, -0.2) is 61.8 Å². The van der Waals surface area contributed by atoms with Crippen LogP contribution >= 0.6 is 0 Å². The third kappa shape index (κ3) is 10.7. The second-order valence-electron chi connectivity index (χ2n) is 12.0.